The van der Waals surface area contributed by atoms with Gasteiger partial charge >= 0.3 is 0 Å². The van der Waals surface area contributed by atoms with Gasteiger partial charge in [-0.3, -0.25) is 0 Å². The Kier molecular flexibility index (Phi) is 6.28. The van der Waals surface area contributed by atoms with E-state index in [9.17, 15) is 0 Å². The van der Waals surface area contributed by atoms with Gasteiger partial charge in [0.2, 0.25) is 0 Å². The summed E-state index contributed by atoms with van der Waals surface area (Å²) in [6, 6.07) is 16.9. The molecule has 0 saturated carbocycles. The Morgan fingerprint density at radius 2 is 1.77 bits per heavy atom. The highest BCUT2D eigenvalue weighted by Gasteiger charge is 2.07. The predicted octanol–water partition coefficient (Wildman–Crippen LogP) is 3.81. The van der Waals surface area contributed by atoms with Crippen LogP contribution < -0.4 is 14.8 Å². The Labute approximate surface area is 133 Å². The van der Waals surface area contributed by atoms with Crippen molar-refractivity contribution in [2.45, 2.75) is 32.4 Å². The molecular weight excluding hydrogens is 274 g/mol. The molecule has 0 aliphatic rings. The standard InChI is InChI=1S/C19H25NO2/c1-15(20-2)9-10-16-11-12-18(21-3)19(13-16)22-14-17-7-5-4-6-8-17/h4-8,11-13,15,20H,9-10,14H2,1-3H3. The fourth-order valence-electron chi connectivity index (χ4n) is 2.25. The Morgan fingerprint density at radius 3 is 2.45 bits per heavy atom. The number of rotatable bonds is 8. The van der Waals surface area contributed by atoms with Crippen LogP contribution in [0.25, 0.3) is 0 Å². The zero-order valence-corrected chi connectivity index (χ0v) is 13.6. The number of aryl methyl sites for hydroxylation is 1. The molecule has 1 unspecified atom stereocenters. The van der Waals surface area contributed by atoms with Crippen LogP contribution in [0.5, 0.6) is 11.5 Å². The van der Waals surface area contributed by atoms with Crippen molar-refractivity contribution < 1.29 is 9.47 Å². The maximum absolute atomic E-state index is 5.95. The summed E-state index contributed by atoms with van der Waals surface area (Å²) in [6.07, 6.45) is 2.12. The van der Waals surface area contributed by atoms with Crippen LogP contribution in [0, 0.1) is 0 Å². The smallest absolute Gasteiger partial charge is 0.161 e. The first-order valence-corrected chi connectivity index (χ1v) is 7.74. The van der Waals surface area contributed by atoms with E-state index in [4.69, 9.17) is 9.47 Å². The third-order valence-corrected chi connectivity index (χ3v) is 3.82. The van der Waals surface area contributed by atoms with Gasteiger partial charge in [-0.2, -0.15) is 0 Å². The average Bonchev–Trinajstić information content (AvgIpc) is 2.58. The summed E-state index contributed by atoms with van der Waals surface area (Å²) < 4.78 is 11.3. The van der Waals surface area contributed by atoms with Crippen molar-refractivity contribution in [1.29, 1.82) is 0 Å². The van der Waals surface area contributed by atoms with E-state index < -0.39 is 0 Å². The van der Waals surface area contributed by atoms with Gasteiger partial charge in [-0.25, -0.2) is 0 Å². The number of hydrogen-bond acceptors (Lipinski definition) is 3. The van der Waals surface area contributed by atoms with Crippen LogP contribution in [0.4, 0.5) is 0 Å². The number of ether oxygens (including phenoxy) is 2. The first kappa shape index (κ1) is 16.4. The fourth-order valence-corrected chi connectivity index (χ4v) is 2.25. The summed E-state index contributed by atoms with van der Waals surface area (Å²) in [5.41, 5.74) is 2.42. The second kappa shape index (κ2) is 8.44. The largest absolute Gasteiger partial charge is 0.493 e. The Hall–Kier alpha value is -2.00. The molecule has 0 heterocycles. The highest BCUT2D eigenvalue weighted by molar-refractivity contribution is 5.43. The highest BCUT2D eigenvalue weighted by Crippen LogP contribution is 2.29. The van der Waals surface area contributed by atoms with E-state index in [0.29, 0.717) is 12.6 Å². The van der Waals surface area contributed by atoms with Gasteiger partial charge in [-0.15, -0.1) is 0 Å². The molecule has 22 heavy (non-hydrogen) atoms. The molecule has 0 bridgehead atoms. The minimum absolute atomic E-state index is 0.510. The molecule has 0 amide bonds. The van der Waals surface area contributed by atoms with Gasteiger partial charge in [0.1, 0.15) is 6.61 Å². The molecule has 3 heteroatoms. The number of methoxy groups -OCH3 is 1. The van der Waals surface area contributed by atoms with Gasteiger partial charge in [-0.05, 0) is 50.1 Å². The molecule has 0 spiro atoms. The predicted molar refractivity (Wildman–Crippen MR) is 90.6 cm³/mol. The first-order chi connectivity index (χ1) is 10.7. The van der Waals surface area contributed by atoms with Crippen molar-refractivity contribution in [2.75, 3.05) is 14.2 Å². The zero-order valence-electron chi connectivity index (χ0n) is 13.6. The summed E-state index contributed by atoms with van der Waals surface area (Å²) in [5.74, 6) is 1.59. The molecule has 118 valence electrons. The molecule has 0 aliphatic heterocycles. The quantitative estimate of drug-likeness (QED) is 0.804. The van der Waals surface area contributed by atoms with Crippen LogP contribution >= 0.6 is 0 Å². The van der Waals surface area contributed by atoms with Crippen LogP contribution in [0.1, 0.15) is 24.5 Å². The normalized spacial score (nSPS) is 12.0. The van der Waals surface area contributed by atoms with Gasteiger partial charge in [0, 0.05) is 6.04 Å². The summed E-state index contributed by atoms with van der Waals surface area (Å²) in [4.78, 5) is 0. The Bertz CT molecular complexity index is 569. The van der Waals surface area contributed by atoms with E-state index in [1.807, 2.05) is 31.3 Å². The SMILES string of the molecule is CNC(C)CCc1ccc(OC)c(OCc2ccccc2)c1. The van der Waals surface area contributed by atoms with Crippen molar-refractivity contribution in [3.63, 3.8) is 0 Å². The number of nitrogens with one attached hydrogen (secondary N) is 1. The maximum Gasteiger partial charge on any atom is 0.161 e. The van der Waals surface area contributed by atoms with Crippen LogP contribution in [-0.4, -0.2) is 20.2 Å². The van der Waals surface area contributed by atoms with Gasteiger partial charge in [0.25, 0.3) is 0 Å². The molecule has 0 fully saturated rings. The Morgan fingerprint density at radius 1 is 1.00 bits per heavy atom. The van der Waals surface area contributed by atoms with E-state index >= 15 is 0 Å². The molecule has 3 nitrogen and oxygen atoms in total. The molecule has 0 aliphatic carbocycles. The minimum atomic E-state index is 0.510. The molecular formula is C19H25NO2. The molecule has 0 radical (unpaired) electrons. The van der Waals surface area contributed by atoms with Crippen molar-refractivity contribution in [3.05, 3.63) is 59.7 Å². The summed E-state index contributed by atoms with van der Waals surface area (Å²) >= 11 is 0. The number of hydrogen-bond donors (Lipinski definition) is 1. The second-order valence-electron chi connectivity index (χ2n) is 5.49. The molecule has 2 aromatic carbocycles. The lowest BCUT2D eigenvalue weighted by molar-refractivity contribution is 0.284. The van der Waals surface area contributed by atoms with E-state index in [0.717, 1.165) is 29.9 Å². The second-order valence-corrected chi connectivity index (χ2v) is 5.49. The molecule has 0 saturated heterocycles. The molecule has 0 aromatic heterocycles. The summed E-state index contributed by atoms with van der Waals surface area (Å²) in [7, 11) is 3.67. The van der Waals surface area contributed by atoms with E-state index in [2.05, 4.69) is 36.5 Å². The number of benzene rings is 2. The lowest BCUT2D eigenvalue weighted by atomic mass is 10.1. The fraction of sp³-hybridized carbons (Fsp3) is 0.368. The summed E-state index contributed by atoms with van der Waals surface area (Å²) in [5, 5.41) is 3.26. The molecule has 2 rings (SSSR count). The lowest BCUT2D eigenvalue weighted by Gasteiger charge is -2.14. The van der Waals surface area contributed by atoms with Crippen LogP contribution in [-0.2, 0) is 13.0 Å². The minimum Gasteiger partial charge on any atom is -0.493 e. The summed E-state index contributed by atoms with van der Waals surface area (Å²) in [6.45, 7) is 2.74. The maximum atomic E-state index is 5.95. The third kappa shape index (κ3) is 4.78. The van der Waals surface area contributed by atoms with Crippen molar-refractivity contribution in [2.24, 2.45) is 0 Å². The molecule has 1 N–H and O–H groups in total. The van der Waals surface area contributed by atoms with Crippen LogP contribution in [0.2, 0.25) is 0 Å². The van der Waals surface area contributed by atoms with Crippen molar-refractivity contribution >= 4 is 0 Å². The first-order valence-electron chi connectivity index (χ1n) is 7.74. The third-order valence-electron chi connectivity index (χ3n) is 3.82. The monoisotopic (exact) mass is 299 g/mol. The Balaban J connectivity index is 2.04. The molecule has 2 aromatic rings. The van der Waals surface area contributed by atoms with Gasteiger partial charge in [0.15, 0.2) is 11.5 Å². The molecule has 1 atom stereocenters. The van der Waals surface area contributed by atoms with Crippen molar-refractivity contribution in [3.8, 4) is 11.5 Å². The zero-order chi connectivity index (χ0) is 15.8. The van der Waals surface area contributed by atoms with Gasteiger partial charge in [-0.1, -0.05) is 36.4 Å². The average molecular weight is 299 g/mol. The van der Waals surface area contributed by atoms with Gasteiger partial charge in [0.05, 0.1) is 7.11 Å². The van der Waals surface area contributed by atoms with E-state index in [1.165, 1.54) is 5.56 Å². The van der Waals surface area contributed by atoms with E-state index in [-0.39, 0.29) is 0 Å². The highest BCUT2D eigenvalue weighted by atomic mass is 16.5. The van der Waals surface area contributed by atoms with Crippen molar-refractivity contribution in [1.82, 2.24) is 5.32 Å². The van der Waals surface area contributed by atoms with Crippen LogP contribution in [0.15, 0.2) is 48.5 Å². The van der Waals surface area contributed by atoms with Gasteiger partial charge < -0.3 is 14.8 Å². The lowest BCUT2D eigenvalue weighted by Crippen LogP contribution is -2.21. The van der Waals surface area contributed by atoms with E-state index in [1.54, 1.807) is 7.11 Å². The van der Waals surface area contributed by atoms with Crippen LogP contribution in [0.3, 0.4) is 0 Å². The topological polar surface area (TPSA) is 30.5 Å².